The number of nitrogens with one attached hydrogen (secondary N) is 2. The van der Waals surface area contributed by atoms with E-state index in [0.29, 0.717) is 17.4 Å². The number of aliphatic carboxylic acids is 1. The molecule has 3 N–H and O–H groups in total. The standard InChI is InChI=1S/C23H25N5O4/c1-14-2-11-19(24-13-14)26-23-28-27-22(32-23)21(31)25-18-9-7-17(8-10-18)16-5-3-15(4-6-16)12-20(29)30/h2,7-11,13,15-16H,3-6,12H2,1H3,(H,25,31)(H,29,30)(H,24,26,28)/t15-,16-. The van der Waals surface area contributed by atoms with Crippen molar-refractivity contribution >= 4 is 29.4 Å². The summed E-state index contributed by atoms with van der Waals surface area (Å²) in [5.41, 5.74) is 2.86. The molecule has 2 aromatic heterocycles. The average molecular weight is 435 g/mol. The van der Waals surface area contributed by atoms with E-state index in [0.717, 1.165) is 31.2 Å². The minimum atomic E-state index is -0.718. The van der Waals surface area contributed by atoms with E-state index in [-0.39, 0.29) is 24.2 Å². The van der Waals surface area contributed by atoms with E-state index < -0.39 is 11.9 Å². The number of hydrogen-bond donors (Lipinski definition) is 3. The van der Waals surface area contributed by atoms with Gasteiger partial charge in [-0.25, -0.2) is 4.98 Å². The summed E-state index contributed by atoms with van der Waals surface area (Å²) in [6.45, 7) is 1.94. The van der Waals surface area contributed by atoms with Crippen molar-refractivity contribution in [1.82, 2.24) is 15.2 Å². The lowest BCUT2D eigenvalue weighted by Crippen LogP contribution is -2.16. The second kappa shape index (κ2) is 9.59. The van der Waals surface area contributed by atoms with Gasteiger partial charge in [-0.15, -0.1) is 5.10 Å². The lowest BCUT2D eigenvalue weighted by atomic mass is 9.77. The first-order valence-corrected chi connectivity index (χ1v) is 10.6. The highest BCUT2D eigenvalue weighted by molar-refractivity contribution is 6.00. The number of rotatable bonds is 7. The lowest BCUT2D eigenvalue weighted by molar-refractivity contribution is -0.138. The predicted octanol–water partition coefficient (Wildman–Crippen LogP) is 4.52. The number of pyridine rings is 1. The van der Waals surface area contributed by atoms with Gasteiger partial charge in [0.15, 0.2) is 0 Å². The molecule has 9 heteroatoms. The maximum Gasteiger partial charge on any atom is 0.321 e. The van der Waals surface area contributed by atoms with Crippen LogP contribution in [0.3, 0.4) is 0 Å². The van der Waals surface area contributed by atoms with Crippen molar-refractivity contribution in [2.75, 3.05) is 10.6 Å². The minimum Gasteiger partial charge on any atom is -0.481 e. The second-order valence-corrected chi connectivity index (χ2v) is 8.15. The van der Waals surface area contributed by atoms with Crippen LogP contribution in [0.15, 0.2) is 47.0 Å². The summed E-state index contributed by atoms with van der Waals surface area (Å²) in [6.07, 6.45) is 5.79. The van der Waals surface area contributed by atoms with Crippen LogP contribution in [0.4, 0.5) is 17.5 Å². The molecule has 4 rings (SSSR count). The molecule has 1 saturated carbocycles. The Hall–Kier alpha value is -3.75. The first kappa shape index (κ1) is 21.5. The number of hydrogen-bond acceptors (Lipinski definition) is 7. The summed E-state index contributed by atoms with van der Waals surface area (Å²) in [5.74, 6) is -0.129. The molecule has 0 aliphatic heterocycles. The van der Waals surface area contributed by atoms with Gasteiger partial charge in [-0.2, -0.15) is 0 Å². The zero-order valence-corrected chi connectivity index (χ0v) is 17.7. The summed E-state index contributed by atoms with van der Waals surface area (Å²) in [4.78, 5) is 27.5. The van der Waals surface area contributed by atoms with Crippen LogP contribution in [-0.2, 0) is 4.79 Å². The molecule has 0 unspecified atom stereocenters. The first-order chi connectivity index (χ1) is 15.5. The highest BCUT2D eigenvalue weighted by Gasteiger charge is 2.24. The van der Waals surface area contributed by atoms with E-state index in [2.05, 4.69) is 25.8 Å². The molecule has 1 amide bonds. The number of carboxylic acids is 1. The summed E-state index contributed by atoms with van der Waals surface area (Å²) in [5, 5.41) is 22.2. The zero-order valence-electron chi connectivity index (χ0n) is 17.7. The maximum atomic E-state index is 12.4. The number of carbonyl (C=O) groups excluding carboxylic acids is 1. The molecular formula is C23H25N5O4. The van der Waals surface area contributed by atoms with Crippen LogP contribution < -0.4 is 10.6 Å². The van der Waals surface area contributed by atoms with Crippen molar-refractivity contribution in [3.63, 3.8) is 0 Å². The van der Waals surface area contributed by atoms with Crippen LogP contribution in [0.1, 0.15) is 59.8 Å². The topological polar surface area (TPSA) is 130 Å². The Balaban J connectivity index is 1.31. The molecular weight excluding hydrogens is 410 g/mol. The fraction of sp³-hybridized carbons (Fsp3) is 0.348. The van der Waals surface area contributed by atoms with Crippen LogP contribution in [0.2, 0.25) is 0 Å². The third-order valence-electron chi connectivity index (χ3n) is 5.72. The Morgan fingerprint density at radius 3 is 2.47 bits per heavy atom. The minimum absolute atomic E-state index is 0.0837. The average Bonchev–Trinajstić information content (AvgIpc) is 3.25. The van der Waals surface area contributed by atoms with Gasteiger partial charge in [0.1, 0.15) is 5.82 Å². The number of aryl methyl sites for hydroxylation is 1. The Morgan fingerprint density at radius 1 is 1.06 bits per heavy atom. The highest BCUT2D eigenvalue weighted by atomic mass is 16.4. The van der Waals surface area contributed by atoms with Gasteiger partial charge in [-0.05, 0) is 73.8 Å². The molecule has 0 saturated heterocycles. The highest BCUT2D eigenvalue weighted by Crippen LogP contribution is 2.37. The van der Waals surface area contributed by atoms with Gasteiger partial charge < -0.3 is 14.8 Å². The van der Waals surface area contributed by atoms with E-state index in [1.807, 2.05) is 37.3 Å². The SMILES string of the molecule is Cc1ccc(Nc2nnc(C(=O)Nc3ccc([C@H]4CC[C@H](CC(=O)O)CC4)cc3)o2)nc1. The molecule has 2 heterocycles. The van der Waals surface area contributed by atoms with Gasteiger partial charge in [-0.1, -0.05) is 23.3 Å². The van der Waals surface area contributed by atoms with Crippen LogP contribution in [0.25, 0.3) is 0 Å². The van der Waals surface area contributed by atoms with Crippen molar-refractivity contribution < 1.29 is 19.1 Å². The van der Waals surface area contributed by atoms with Gasteiger partial charge in [0.2, 0.25) is 0 Å². The van der Waals surface area contributed by atoms with E-state index in [4.69, 9.17) is 9.52 Å². The van der Waals surface area contributed by atoms with Crippen molar-refractivity contribution in [3.8, 4) is 0 Å². The normalized spacial score (nSPS) is 18.2. The Kier molecular flexibility index (Phi) is 6.44. The molecule has 0 radical (unpaired) electrons. The maximum absolute atomic E-state index is 12.4. The molecule has 3 aromatic rings. The lowest BCUT2D eigenvalue weighted by Gasteiger charge is -2.28. The van der Waals surface area contributed by atoms with Gasteiger partial charge >= 0.3 is 23.8 Å². The molecule has 166 valence electrons. The van der Waals surface area contributed by atoms with Crippen molar-refractivity contribution in [3.05, 3.63) is 59.6 Å². The molecule has 1 fully saturated rings. The summed E-state index contributed by atoms with van der Waals surface area (Å²) in [7, 11) is 0. The van der Waals surface area contributed by atoms with E-state index in [9.17, 15) is 9.59 Å². The van der Waals surface area contributed by atoms with Crippen molar-refractivity contribution in [2.45, 2.75) is 44.9 Å². The summed E-state index contributed by atoms with van der Waals surface area (Å²) in [6, 6.07) is 11.5. The number of aromatic nitrogens is 3. The van der Waals surface area contributed by atoms with Crippen molar-refractivity contribution in [1.29, 1.82) is 0 Å². The molecule has 1 aliphatic rings. The van der Waals surface area contributed by atoms with Crippen molar-refractivity contribution in [2.24, 2.45) is 5.92 Å². The van der Waals surface area contributed by atoms with E-state index in [1.54, 1.807) is 12.3 Å². The molecule has 1 aliphatic carbocycles. The van der Waals surface area contributed by atoms with Crippen LogP contribution >= 0.6 is 0 Å². The number of carboxylic acid groups (broad SMARTS) is 1. The van der Waals surface area contributed by atoms with E-state index in [1.165, 1.54) is 5.56 Å². The number of carbonyl (C=O) groups is 2. The molecule has 0 spiro atoms. The van der Waals surface area contributed by atoms with Gasteiger partial charge in [0.25, 0.3) is 0 Å². The van der Waals surface area contributed by atoms with Gasteiger partial charge in [0, 0.05) is 18.3 Å². The third-order valence-corrected chi connectivity index (χ3v) is 5.72. The molecule has 1 aromatic carbocycles. The Labute approximate surface area is 185 Å². The Morgan fingerprint density at radius 2 is 1.81 bits per heavy atom. The zero-order chi connectivity index (χ0) is 22.5. The third kappa shape index (κ3) is 5.48. The summed E-state index contributed by atoms with van der Waals surface area (Å²) >= 11 is 0. The van der Waals surface area contributed by atoms with Crippen LogP contribution in [0, 0.1) is 12.8 Å². The van der Waals surface area contributed by atoms with Gasteiger partial charge in [0.05, 0.1) is 0 Å². The van der Waals surface area contributed by atoms with E-state index >= 15 is 0 Å². The number of nitrogens with zero attached hydrogens (tertiary/aromatic N) is 3. The first-order valence-electron chi connectivity index (χ1n) is 10.6. The number of benzene rings is 1. The summed E-state index contributed by atoms with van der Waals surface area (Å²) < 4.78 is 5.38. The van der Waals surface area contributed by atoms with Crippen LogP contribution in [-0.4, -0.2) is 32.2 Å². The molecule has 9 nitrogen and oxygen atoms in total. The quantitative estimate of drug-likeness (QED) is 0.494. The smallest absolute Gasteiger partial charge is 0.321 e. The predicted molar refractivity (Wildman–Crippen MR) is 118 cm³/mol. The molecule has 0 bridgehead atoms. The number of amides is 1. The molecule has 0 atom stereocenters. The monoisotopic (exact) mass is 435 g/mol. The molecule has 32 heavy (non-hydrogen) atoms. The second-order valence-electron chi connectivity index (χ2n) is 8.15. The van der Waals surface area contributed by atoms with Gasteiger partial charge in [-0.3, -0.25) is 14.9 Å². The fourth-order valence-electron chi connectivity index (χ4n) is 3.99. The Bertz CT molecular complexity index is 1070. The van der Waals surface area contributed by atoms with Crippen LogP contribution in [0.5, 0.6) is 0 Å². The fourth-order valence-corrected chi connectivity index (χ4v) is 3.99. The largest absolute Gasteiger partial charge is 0.481 e. The number of anilines is 3.